The van der Waals surface area contributed by atoms with Gasteiger partial charge < -0.3 is 9.42 Å². The molecule has 0 bridgehead atoms. The van der Waals surface area contributed by atoms with E-state index in [2.05, 4.69) is 25.4 Å². The topological polar surface area (TPSA) is 85.2 Å². The average molecular weight is 339 g/mol. The summed E-state index contributed by atoms with van der Waals surface area (Å²) in [6.45, 7) is 2.33. The van der Waals surface area contributed by atoms with E-state index in [1.54, 1.807) is 13.0 Å². The summed E-state index contributed by atoms with van der Waals surface area (Å²) in [6, 6.07) is 2.90. The van der Waals surface area contributed by atoms with Gasteiger partial charge >= 0.3 is 6.18 Å². The number of anilines is 1. The van der Waals surface area contributed by atoms with Crippen LogP contribution in [-0.2, 0) is 6.18 Å². The lowest BCUT2D eigenvalue weighted by Gasteiger charge is -2.23. The van der Waals surface area contributed by atoms with Crippen molar-refractivity contribution in [3.05, 3.63) is 29.7 Å². The highest BCUT2D eigenvalue weighted by Crippen LogP contribution is 2.34. The van der Waals surface area contributed by atoms with Gasteiger partial charge in [0.1, 0.15) is 5.82 Å². The number of hydrogen-bond donors (Lipinski definition) is 0. The summed E-state index contributed by atoms with van der Waals surface area (Å²) >= 11 is 0. The van der Waals surface area contributed by atoms with Crippen molar-refractivity contribution in [2.24, 2.45) is 0 Å². The van der Waals surface area contributed by atoms with Crippen molar-refractivity contribution in [2.45, 2.75) is 32.0 Å². The molecule has 0 N–H and O–H groups in total. The van der Waals surface area contributed by atoms with Gasteiger partial charge in [-0.05, 0) is 25.0 Å². The number of hydrogen-bond acceptors (Lipinski definition) is 7. The molecule has 4 heterocycles. The van der Waals surface area contributed by atoms with Gasteiger partial charge in [-0.1, -0.05) is 5.16 Å². The summed E-state index contributed by atoms with van der Waals surface area (Å²) in [5.41, 5.74) is 0.0391. The minimum absolute atomic E-state index is 0.0391. The summed E-state index contributed by atoms with van der Waals surface area (Å²) in [6.07, 6.45) is -3.00. The highest BCUT2D eigenvalue weighted by Gasteiger charge is 2.38. The number of fused-ring (bicyclic) bond motifs is 1. The Morgan fingerprint density at radius 3 is 2.79 bits per heavy atom. The lowest BCUT2D eigenvalue weighted by atomic mass is 10.2. The zero-order chi connectivity index (χ0) is 16.9. The van der Waals surface area contributed by atoms with Crippen molar-refractivity contribution in [1.82, 2.24) is 30.0 Å². The van der Waals surface area contributed by atoms with Gasteiger partial charge in [0.05, 0.1) is 6.04 Å². The molecule has 1 saturated heterocycles. The van der Waals surface area contributed by atoms with Gasteiger partial charge in [-0.2, -0.15) is 22.7 Å². The van der Waals surface area contributed by atoms with Gasteiger partial charge in [0.2, 0.25) is 5.89 Å². The number of halogens is 3. The molecule has 8 nitrogen and oxygen atoms in total. The molecule has 11 heteroatoms. The smallest absolute Gasteiger partial charge is 0.345 e. The van der Waals surface area contributed by atoms with E-state index in [0.717, 1.165) is 12.8 Å². The third kappa shape index (κ3) is 2.36. The maximum Gasteiger partial charge on any atom is 0.453 e. The molecule has 3 aromatic heterocycles. The van der Waals surface area contributed by atoms with Crippen LogP contribution in [0.5, 0.6) is 0 Å². The van der Waals surface area contributed by atoms with Gasteiger partial charge in [0.15, 0.2) is 11.5 Å². The molecule has 1 fully saturated rings. The fourth-order valence-corrected chi connectivity index (χ4v) is 2.87. The lowest BCUT2D eigenvalue weighted by molar-refractivity contribution is -0.146. The summed E-state index contributed by atoms with van der Waals surface area (Å²) in [5.74, 6) is 0.188. The van der Waals surface area contributed by atoms with Crippen LogP contribution in [0.2, 0.25) is 0 Å². The first-order valence-electron chi connectivity index (χ1n) is 7.30. The maximum absolute atomic E-state index is 13.0. The third-order valence-corrected chi connectivity index (χ3v) is 3.89. The second kappa shape index (κ2) is 5.14. The molecule has 0 aliphatic carbocycles. The van der Waals surface area contributed by atoms with Crippen LogP contribution in [0.3, 0.4) is 0 Å². The molecule has 3 aromatic rings. The average Bonchev–Trinajstić information content (AvgIpc) is 3.23. The summed E-state index contributed by atoms with van der Waals surface area (Å²) in [4.78, 5) is 6.08. The predicted octanol–water partition coefficient (Wildman–Crippen LogP) is 2.18. The van der Waals surface area contributed by atoms with Crippen LogP contribution < -0.4 is 4.90 Å². The first-order valence-corrected chi connectivity index (χ1v) is 7.30. The van der Waals surface area contributed by atoms with Crippen LogP contribution in [0.25, 0.3) is 5.65 Å². The monoisotopic (exact) mass is 339 g/mol. The Morgan fingerprint density at radius 1 is 1.25 bits per heavy atom. The number of nitrogens with zero attached hydrogens (tertiary/aromatic N) is 7. The molecule has 4 rings (SSSR count). The van der Waals surface area contributed by atoms with Crippen molar-refractivity contribution < 1.29 is 17.7 Å². The van der Waals surface area contributed by atoms with Gasteiger partial charge in [-0.15, -0.1) is 15.3 Å². The Labute approximate surface area is 133 Å². The Bertz CT molecular complexity index is 887. The number of rotatable bonds is 2. The third-order valence-electron chi connectivity index (χ3n) is 3.89. The summed E-state index contributed by atoms with van der Waals surface area (Å²) in [5, 5.41) is 14.7. The molecule has 0 saturated carbocycles. The molecular weight excluding hydrogens is 327 g/mol. The highest BCUT2D eigenvalue weighted by atomic mass is 19.4. The first-order chi connectivity index (χ1) is 11.4. The van der Waals surface area contributed by atoms with E-state index < -0.39 is 12.0 Å². The Balaban J connectivity index is 1.75. The summed E-state index contributed by atoms with van der Waals surface area (Å²) < 4.78 is 44.7. The zero-order valence-corrected chi connectivity index (χ0v) is 12.5. The van der Waals surface area contributed by atoms with Crippen LogP contribution in [0, 0.1) is 6.92 Å². The fourth-order valence-electron chi connectivity index (χ4n) is 2.87. The molecule has 0 amide bonds. The maximum atomic E-state index is 13.0. The van der Waals surface area contributed by atoms with Crippen molar-refractivity contribution in [2.75, 3.05) is 11.4 Å². The number of aryl methyl sites for hydroxylation is 1. The van der Waals surface area contributed by atoms with Gasteiger partial charge in [0, 0.05) is 13.5 Å². The minimum Gasteiger partial charge on any atom is -0.345 e. The molecule has 0 unspecified atom stereocenters. The van der Waals surface area contributed by atoms with E-state index in [4.69, 9.17) is 4.52 Å². The molecule has 0 aromatic carbocycles. The van der Waals surface area contributed by atoms with Crippen LogP contribution in [0.1, 0.15) is 36.4 Å². The highest BCUT2D eigenvalue weighted by molar-refractivity contribution is 5.47. The van der Waals surface area contributed by atoms with Crippen molar-refractivity contribution in [3.8, 4) is 0 Å². The first kappa shape index (κ1) is 14.8. The lowest BCUT2D eigenvalue weighted by Crippen LogP contribution is -2.25. The van der Waals surface area contributed by atoms with E-state index in [-0.39, 0.29) is 11.7 Å². The van der Waals surface area contributed by atoms with E-state index in [9.17, 15) is 13.2 Å². The molecule has 1 aliphatic rings. The number of alkyl halides is 3. The second-order valence-corrected chi connectivity index (χ2v) is 5.51. The van der Waals surface area contributed by atoms with Gasteiger partial charge in [-0.25, -0.2) is 0 Å². The predicted molar refractivity (Wildman–Crippen MR) is 74.1 cm³/mol. The molecule has 0 radical (unpaired) electrons. The van der Waals surface area contributed by atoms with Crippen LogP contribution in [0.15, 0.2) is 16.7 Å². The number of aromatic nitrogens is 6. The van der Waals surface area contributed by atoms with Crippen molar-refractivity contribution in [3.63, 3.8) is 0 Å². The van der Waals surface area contributed by atoms with Crippen LogP contribution >= 0.6 is 0 Å². The Hall–Kier alpha value is -2.72. The molecule has 1 aliphatic heterocycles. The molecule has 126 valence electrons. The fraction of sp³-hybridized carbons (Fsp3) is 0.462. The molecule has 1 atom stereocenters. The van der Waals surface area contributed by atoms with Crippen molar-refractivity contribution >= 4 is 11.5 Å². The Kier molecular flexibility index (Phi) is 3.18. The van der Waals surface area contributed by atoms with Crippen LogP contribution in [-0.4, -0.2) is 36.5 Å². The standard InChI is InChI=1S/C13H12F3N7O/c1-7-17-11(21-24-7)8-3-2-6-22(8)10-5-4-9-18-19-12(13(14,15)16)23(9)20-10/h4-5,8H,2-3,6H2,1H3/t8-/m1/s1. The zero-order valence-electron chi connectivity index (χ0n) is 12.5. The quantitative estimate of drug-likeness (QED) is 0.707. The summed E-state index contributed by atoms with van der Waals surface area (Å²) in [7, 11) is 0. The molecule has 24 heavy (non-hydrogen) atoms. The molecule has 0 spiro atoms. The largest absolute Gasteiger partial charge is 0.453 e. The normalized spacial score (nSPS) is 18.7. The van der Waals surface area contributed by atoms with E-state index in [1.807, 2.05) is 4.90 Å². The Morgan fingerprint density at radius 2 is 2.08 bits per heavy atom. The van der Waals surface area contributed by atoms with E-state index in [1.165, 1.54) is 6.07 Å². The van der Waals surface area contributed by atoms with Gasteiger partial charge in [0.25, 0.3) is 5.82 Å². The SMILES string of the molecule is Cc1nc([C@H]2CCCN2c2ccc3nnc(C(F)(F)F)n3n2)no1. The second-order valence-electron chi connectivity index (χ2n) is 5.51. The van der Waals surface area contributed by atoms with Crippen molar-refractivity contribution in [1.29, 1.82) is 0 Å². The van der Waals surface area contributed by atoms with Crippen LogP contribution in [0.4, 0.5) is 19.0 Å². The van der Waals surface area contributed by atoms with Gasteiger partial charge in [-0.3, -0.25) is 0 Å². The molecular formula is C13H12F3N7O. The minimum atomic E-state index is -4.62. The van der Waals surface area contributed by atoms with E-state index in [0.29, 0.717) is 28.6 Å². The van der Waals surface area contributed by atoms with E-state index >= 15 is 0 Å².